The monoisotopic (exact) mass is 293 g/mol. The van der Waals surface area contributed by atoms with E-state index in [-0.39, 0.29) is 0 Å². The second-order valence-corrected chi connectivity index (χ2v) is 5.42. The average Bonchev–Trinajstić information content (AvgIpc) is 2.53. The summed E-state index contributed by atoms with van der Waals surface area (Å²) in [5.74, 6) is 0.949. The molecule has 1 aliphatic carbocycles. The molecular weight excluding hydrogens is 266 g/mol. The summed E-state index contributed by atoms with van der Waals surface area (Å²) in [6.45, 7) is 3.12. The minimum atomic E-state index is 0.447. The molecule has 4 heteroatoms. The zero-order valence-electron chi connectivity index (χ0n) is 13.2. The van der Waals surface area contributed by atoms with Gasteiger partial charge in [0.1, 0.15) is 5.75 Å². The summed E-state index contributed by atoms with van der Waals surface area (Å²) in [4.78, 5) is 0. The number of aryl methyl sites for hydroxylation is 1. The predicted molar refractivity (Wildman–Crippen MR) is 84.0 cm³/mol. The zero-order valence-corrected chi connectivity index (χ0v) is 13.2. The van der Waals surface area contributed by atoms with E-state index in [4.69, 9.17) is 14.2 Å². The van der Waals surface area contributed by atoms with Gasteiger partial charge >= 0.3 is 0 Å². The molecule has 0 radical (unpaired) electrons. The first-order chi connectivity index (χ1) is 10.3. The van der Waals surface area contributed by atoms with Gasteiger partial charge in [-0.2, -0.15) is 0 Å². The number of ether oxygens (including phenoxy) is 3. The maximum atomic E-state index is 5.48. The third kappa shape index (κ3) is 4.99. The van der Waals surface area contributed by atoms with Crippen molar-refractivity contribution in [1.82, 2.24) is 5.32 Å². The van der Waals surface area contributed by atoms with Gasteiger partial charge in [-0.25, -0.2) is 0 Å². The van der Waals surface area contributed by atoms with Crippen molar-refractivity contribution in [2.45, 2.75) is 31.7 Å². The first-order valence-electron chi connectivity index (χ1n) is 7.82. The van der Waals surface area contributed by atoms with Crippen LogP contribution >= 0.6 is 0 Å². The van der Waals surface area contributed by atoms with Crippen LogP contribution in [0.1, 0.15) is 36.4 Å². The highest BCUT2D eigenvalue weighted by atomic mass is 16.5. The Bertz CT molecular complexity index is 422. The average molecular weight is 293 g/mol. The van der Waals surface area contributed by atoms with Crippen molar-refractivity contribution in [3.05, 3.63) is 29.3 Å². The molecule has 1 atom stereocenters. The molecule has 0 saturated heterocycles. The lowest BCUT2D eigenvalue weighted by molar-refractivity contribution is 0.0692. The Morgan fingerprint density at radius 3 is 2.90 bits per heavy atom. The van der Waals surface area contributed by atoms with Crippen molar-refractivity contribution in [3.63, 3.8) is 0 Å². The van der Waals surface area contributed by atoms with Gasteiger partial charge in [0.15, 0.2) is 0 Å². The van der Waals surface area contributed by atoms with Gasteiger partial charge in [-0.05, 0) is 55.5 Å². The van der Waals surface area contributed by atoms with E-state index in [9.17, 15) is 0 Å². The summed E-state index contributed by atoms with van der Waals surface area (Å²) in [6.07, 6.45) is 4.66. The highest BCUT2D eigenvalue weighted by Crippen LogP contribution is 2.32. The van der Waals surface area contributed by atoms with Crippen LogP contribution in [0.25, 0.3) is 0 Å². The quantitative estimate of drug-likeness (QED) is 0.711. The van der Waals surface area contributed by atoms with Gasteiger partial charge in [0.25, 0.3) is 0 Å². The van der Waals surface area contributed by atoms with Crippen LogP contribution in [0, 0.1) is 0 Å². The van der Waals surface area contributed by atoms with E-state index >= 15 is 0 Å². The van der Waals surface area contributed by atoms with Crippen LogP contribution < -0.4 is 10.1 Å². The van der Waals surface area contributed by atoms with Gasteiger partial charge in [0.2, 0.25) is 0 Å². The summed E-state index contributed by atoms with van der Waals surface area (Å²) in [5, 5.41) is 3.65. The Balaban J connectivity index is 1.77. The van der Waals surface area contributed by atoms with Gasteiger partial charge in [-0.15, -0.1) is 0 Å². The van der Waals surface area contributed by atoms with E-state index in [0.717, 1.165) is 25.3 Å². The molecule has 0 heterocycles. The number of methoxy groups -OCH3 is 2. The Kier molecular flexibility index (Phi) is 7.00. The van der Waals surface area contributed by atoms with Crippen LogP contribution in [0.4, 0.5) is 0 Å². The highest BCUT2D eigenvalue weighted by Gasteiger charge is 2.19. The van der Waals surface area contributed by atoms with Gasteiger partial charge < -0.3 is 19.5 Å². The SMILES string of the molecule is COCCOCCCNC1CCCc2ccc(OC)cc21. The Morgan fingerprint density at radius 1 is 1.19 bits per heavy atom. The molecule has 1 aromatic rings. The molecule has 2 rings (SSSR count). The number of fused-ring (bicyclic) bond motifs is 1. The topological polar surface area (TPSA) is 39.7 Å². The minimum absolute atomic E-state index is 0.447. The molecule has 1 aliphatic rings. The van der Waals surface area contributed by atoms with E-state index in [1.807, 2.05) is 0 Å². The summed E-state index contributed by atoms with van der Waals surface area (Å²) >= 11 is 0. The van der Waals surface area contributed by atoms with Crippen LogP contribution in [0.3, 0.4) is 0 Å². The molecule has 1 aromatic carbocycles. The smallest absolute Gasteiger partial charge is 0.119 e. The van der Waals surface area contributed by atoms with Crippen LogP contribution in [0.5, 0.6) is 5.75 Å². The molecule has 1 N–H and O–H groups in total. The molecule has 0 amide bonds. The van der Waals surface area contributed by atoms with Crippen molar-refractivity contribution < 1.29 is 14.2 Å². The van der Waals surface area contributed by atoms with Gasteiger partial charge in [-0.3, -0.25) is 0 Å². The minimum Gasteiger partial charge on any atom is -0.497 e. The van der Waals surface area contributed by atoms with Crippen molar-refractivity contribution in [1.29, 1.82) is 0 Å². The van der Waals surface area contributed by atoms with Crippen molar-refractivity contribution >= 4 is 0 Å². The number of hydrogen-bond acceptors (Lipinski definition) is 4. The standard InChI is InChI=1S/C17H27NO3/c1-19-11-12-21-10-4-9-18-17-6-3-5-14-7-8-15(20-2)13-16(14)17/h7-8,13,17-18H,3-6,9-12H2,1-2H3. The third-order valence-corrected chi connectivity index (χ3v) is 3.96. The first kappa shape index (κ1) is 16.3. The third-order valence-electron chi connectivity index (χ3n) is 3.96. The lowest BCUT2D eigenvalue weighted by Crippen LogP contribution is -2.26. The lowest BCUT2D eigenvalue weighted by Gasteiger charge is -2.27. The fourth-order valence-electron chi connectivity index (χ4n) is 2.81. The Morgan fingerprint density at radius 2 is 2.10 bits per heavy atom. The second kappa shape index (κ2) is 9.03. The molecule has 0 fully saturated rings. The first-order valence-corrected chi connectivity index (χ1v) is 7.82. The number of benzene rings is 1. The molecule has 21 heavy (non-hydrogen) atoms. The van der Waals surface area contributed by atoms with Gasteiger partial charge in [0.05, 0.1) is 20.3 Å². The number of nitrogens with one attached hydrogen (secondary N) is 1. The molecule has 1 unspecified atom stereocenters. The van der Waals surface area contributed by atoms with E-state index < -0.39 is 0 Å². The molecular formula is C17H27NO3. The second-order valence-electron chi connectivity index (χ2n) is 5.42. The Labute approximate surface area is 127 Å². The van der Waals surface area contributed by atoms with E-state index in [0.29, 0.717) is 19.3 Å². The predicted octanol–water partition coefficient (Wildman–Crippen LogP) is 2.72. The van der Waals surface area contributed by atoms with E-state index in [1.54, 1.807) is 14.2 Å². The van der Waals surface area contributed by atoms with Crippen molar-refractivity contribution in [2.24, 2.45) is 0 Å². The summed E-state index contributed by atoms with van der Waals surface area (Å²) in [7, 11) is 3.42. The largest absolute Gasteiger partial charge is 0.497 e. The maximum Gasteiger partial charge on any atom is 0.119 e. The van der Waals surface area contributed by atoms with Crippen LogP contribution in [0.2, 0.25) is 0 Å². The zero-order chi connectivity index (χ0) is 14.9. The normalized spacial score (nSPS) is 17.5. The van der Waals surface area contributed by atoms with Gasteiger partial charge in [0, 0.05) is 19.8 Å². The molecule has 0 aliphatic heterocycles. The number of hydrogen-bond donors (Lipinski definition) is 1. The number of rotatable bonds is 9. The fourth-order valence-corrected chi connectivity index (χ4v) is 2.81. The molecule has 0 bridgehead atoms. The van der Waals surface area contributed by atoms with E-state index in [1.165, 1.54) is 30.4 Å². The molecule has 0 aromatic heterocycles. The highest BCUT2D eigenvalue weighted by molar-refractivity contribution is 5.39. The lowest BCUT2D eigenvalue weighted by atomic mass is 9.87. The summed E-state index contributed by atoms with van der Waals surface area (Å²) in [5.41, 5.74) is 2.86. The summed E-state index contributed by atoms with van der Waals surface area (Å²) in [6, 6.07) is 6.89. The fraction of sp³-hybridized carbons (Fsp3) is 0.647. The van der Waals surface area contributed by atoms with Crippen LogP contribution in [-0.2, 0) is 15.9 Å². The molecule has 0 spiro atoms. The molecule has 118 valence electrons. The van der Waals surface area contributed by atoms with Crippen molar-refractivity contribution in [3.8, 4) is 5.75 Å². The van der Waals surface area contributed by atoms with Crippen LogP contribution in [0.15, 0.2) is 18.2 Å². The van der Waals surface area contributed by atoms with Gasteiger partial charge in [-0.1, -0.05) is 6.07 Å². The maximum absolute atomic E-state index is 5.48. The van der Waals surface area contributed by atoms with Crippen LogP contribution in [-0.4, -0.2) is 40.6 Å². The summed E-state index contributed by atoms with van der Waals surface area (Å²) < 4.78 is 15.8. The Hall–Kier alpha value is -1.10. The van der Waals surface area contributed by atoms with E-state index in [2.05, 4.69) is 23.5 Å². The van der Waals surface area contributed by atoms with Crippen molar-refractivity contribution in [2.75, 3.05) is 40.6 Å². The molecule has 0 saturated carbocycles. The molecule has 4 nitrogen and oxygen atoms in total.